The van der Waals surface area contributed by atoms with Gasteiger partial charge in [0.25, 0.3) is 0 Å². The van der Waals surface area contributed by atoms with Crippen molar-refractivity contribution in [3.8, 4) is 0 Å². The third-order valence-corrected chi connectivity index (χ3v) is 3.10. The number of oxime groups is 1. The van der Waals surface area contributed by atoms with Crippen molar-refractivity contribution < 1.29 is 14.7 Å². The number of benzene rings is 1. The monoisotopic (exact) mass is 253 g/mol. The Morgan fingerprint density at radius 1 is 1.56 bits per heavy atom. The Bertz CT molecular complexity index is 465. The highest BCUT2D eigenvalue weighted by molar-refractivity contribution is 5.97. The zero-order valence-corrected chi connectivity index (χ0v) is 9.88. The second kappa shape index (κ2) is 5.32. The Kier molecular flexibility index (Phi) is 3.78. The second-order valence-corrected chi connectivity index (χ2v) is 4.47. The van der Waals surface area contributed by atoms with Crippen LogP contribution in [0.25, 0.3) is 0 Å². The number of aliphatic hydroxyl groups excluding tert-OH is 1. The highest BCUT2D eigenvalue weighted by Gasteiger charge is 2.21. The molecule has 1 aromatic carbocycles. The highest BCUT2D eigenvalue weighted by atomic mass is 19.1. The Balaban J connectivity index is 2.10. The highest BCUT2D eigenvalue weighted by Crippen LogP contribution is 2.16. The molecule has 1 aliphatic heterocycles. The van der Waals surface area contributed by atoms with Crippen molar-refractivity contribution in [2.24, 2.45) is 10.9 Å². The van der Waals surface area contributed by atoms with Crippen LogP contribution < -0.4 is 5.73 Å². The molecule has 1 unspecified atom stereocenters. The normalized spacial score (nSPS) is 21.4. The number of nitrogens with two attached hydrogens (primary N) is 1. The van der Waals surface area contributed by atoms with Gasteiger partial charge in [-0.05, 0) is 12.5 Å². The Hall–Kier alpha value is -1.66. The summed E-state index contributed by atoms with van der Waals surface area (Å²) in [6, 6.07) is 4.48. The van der Waals surface area contributed by atoms with E-state index in [-0.39, 0.29) is 17.8 Å². The third kappa shape index (κ3) is 2.77. The molecular formula is C12H16FN3O2. The zero-order chi connectivity index (χ0) is 13.1. The van der Waals surface area contributed by atoms with Crippen LogP contribution in [0.5, 0.6) is 0 Å². The maximum atomic E-state index is 13.8. The van der Waals surface area contributed by atoms with Gasteiger partial charge in [0, 0.05) is 30.8 Å². The van der Waals surface area contributed by atoms with Crippen LogP contribution >= 0.6 is 0 Å². The lowest BCUT2D eigenvalue weighted by Gasteiger charge is -2.15. The molecule has 0 aliphatic carbocycles. The number of likely N-dealkylation sites (tertiary alicyclic amines) is 1. The quantitative estimate of drug-likeness (QED) is 0.317. The number of nitrogens with zero attached hydrogens (tertiary/aromatic N) is 2. The molecule has 1 aliphatic rings. The molecular weight excluding hydrogens is 237 g/mol. The molecule has 1 atom stereocenters. The molecule has 0 saturated carbocycles. The van der Waals surface area contributed by atoms with Gasteiger partial charge in [-0.1, -0.05) is 17.3 Å². The van der Waals surface area contributed by atoms with E-state index in [1.807, 2.05) is 4.90 Å². The molecule has 0 amide bonds. The van der Waals surface area contributed by atoms with E-state index in [0.29, 0.717) is 24.2 Å². The van der Waals surface area contributed by atoms with Crippen LogP contribution in [0, 0.1) is 5.82 Å². The van der Waals surface area contributed by atoms with Crippen molar-refractivity contribution >= 4 is 5.84 Å². The van der Waals surface area contributed by atoms with Gasteiger partial charge in [0.2, 0.25) is 0 Å². The third-order valence-electron chi connectivity index (χ3n) is 3.10. The molecule has 18 heavy (non-hydrogen) atoms. The first kappa shape index (κ1) is 12.8. The van der Waals surface area contributed by atoms with E-state index in [1.54, 1.807) is 12.1 Å². The molecule has 98 valence electrons. The van der Waals surface area contributed by atoms with Crippen molar-refractivity contribution in [1.29, 1.82) is 0 Å². The zero-order valence-electron chi connectivity index (χ0n) is 9.88. The SMILES string of the molecule is NC(=NO)c1ccc(CN2CCC(O)C2)c(F)c1. The standard InChI is InChI=1S/C12H16FN3O2/c13-11-5-8(12(14)15-18)1-2-9(11)6-16-4-3-10(17)7-16/h1-2,5,10,17-18H,3-4,6-7H2,(H2,14,15). The Labute approximate surface area is 104 Å². The van der Waals surface area contributed by atoms with Gasteiger partial charge in [-0.2, -0.15) is 0 Å². The topological polar surface area (TPSA) is 82.1 Å². The number of β-amino-alcohol motifs (C(OH)–C–C–N with tert-alkyl or cyclic N) is 1. The summed E-state index contributed by atoms with van der Waals surface area (Å²) < 4.78 is 13.8. The summed E-state index contributed by atoms with van der Waals surface area (Å²) in [5, 5.41) is 20.7. The van der Waals surface area contributed by atoms with E-state index in [2.05, 4.69) is 5.16 Å². The maximum Gasteiger partial charge on any atom is 0.170 e. The fraction of sp³-hybridized carbons (Fsp3) is 0.417. The molecule has 1 heterocycles. The predicted octanol–water partition coefficient (Wildman–Crippen LogP) is 0.487. The number of hydrogen-bond donors (Lipinski definition) is 3. The van der Waals surface area contributed by atoms with E-state index in [9.17, 15) is 9.50 Å². The Morgan fingerprint density at radius 3 is 2.89 bits per heavy atom. The van der Waals surface area contributed by atoms with Crippen LogP contribution in [-0.2, 0) is 6.54 Å². The van der Waals surface area contributed by atoms with Gasteiger partial charge in [-0.3, -0.25) is 4.90 Å². The minimum absolute atomic E-state index is 0.114. The Morgan fingerprint density at radius 2 is 2.33 bits per heavy atom. The van der Waals surface area contributed by atoms with Gasteiger partial charge in [0.1, 0.15) is 5.82 Å². The molecule has 6 heteroatoms. The summed E-state index contributed by atoms with van der Waals surface area (Å²) in [5.74, 6) is -0.502. The molecule has 0 bridgehead atoms. The summed E-state index contributed by atoms with van der Waals surface area (Å²) in [6.07, 6.45) is 0.411. The number of halogens is 1. The van der Waals surface area contributed by atoms with Gasteiger partial charge in [-0.15, -0.1) is 0 Å². The average molecular weight is 253 g/mol. The van der Waals surface area contributed by atoms with E-state index in [4.69, 9.17) is 10.9 Å². The lowest BCUT2D eigenvalue weighted by Crippen LogP contribution is -2.22. The van der Waals surface area contributed by atoms with Crippen molar-refractivity contribution in [2.45, 2.75) is 19.1 Å². The number of rotatable bonds is 3. The minimum Gasteiger partial charge on any atom is -0.409 e. The predicted molar refractivity (Wildman–Crippen MR) is 64.8 cm³/mol. The van der Waals surface area contributed by atoms with E-state index >= 15 is 0 Å². The van der Waals surface area contributed by atoms with E-state index < -0.39 is 0 Å². The number of aliphatic hydroxyl groups is 1. The lowest BCUT2D eigenvalue weighted by molar-refractivity contribution is 0.174. The first-order valence-electron chi connectivity index (χ1n) is 5.77. The van der Waals surface area contributed by atoms with Crippen molar-refractivity contribution in [3.63, 3.8) is 0 Å². The number of amidine groups is 1. The molecule has 0 radical (unpaired) electrons. The van der Waals surface area contributed by atoms with Crippen molar-refractivity contribution in [2.75, 3.05) is 13.1 Å². The molecule has 1 fully saturated rings. The first-order valence-corrected chi connectivity index (χ1v) is 5.77. The van der Waals surface area contributed by atoms with Crippen LogP contribution in [0.1, 0.15) is 17.5 Å². The summed E-state index contributed by atoms with van der Waals surface area (Å²) in [5.41, 5.74) is 6.27. The molecule has 0 aromatic heterocycles. The average Bonchev–Trinajstić information content (AvgIpc) is 2.76. The van der Waals surface area contributed by atoms with Crippen LogP contribution in [0.4, 0.5) is 4.39 Å². The van der Waals surface area contributed by atoms with Crippen LogP contribution in [0.15, 0.2) is 23.4 Å². The largest absolute Gasteiger partial charge is 0.409 e. The first-order chi connectivity index (χ1) is 8.60. The maximum absolute atomic E-state index is 13.8. The summed E-state index contributed by atoms with van der Waals surface area (Å²) in [7, 11) is 0. The van der Waals surface area contributed by atoms with Crippen molar-refractivity contribution in [1.82, 2.24) is 4.90 Å². The van der Waals surface area contributed by atoms with Gasteiger partial charge >= 0.3 is 0 Å². The van der Waals surface area contributed by atoms with Crippen LogP contribution in [0.2, 0.25) is 0 Å². The molecule has 5 nitrogen and oxygen atoms in total. The lowest BCUT2D eigenvalue weighted by atomic mass is 10.1. The van der Waals surface area contributed by atoms with Gasteiger partial charge in [-0.25, -0.2) is 4.39 Å². The van der Waals surface area contributed by atoms with Crippen molar-refractivity contribution in [3.05, 3.63) is 35.1 Å². The number of hydrogen-bond acceptors (Lipinski definition) is 4. The van der Waals surface area contributed by atoms with Gasteiger partial charge in [0.05, 0.1) is 6.10 Å². The minimum atomic E-state index is -0.388. The van der Waals surface area contributed by atoms with Crippen LogP contribution in [-0.4, -0.2) is 40.2 Å². The van der Waals surface area contributed by atoms with E-state index in [1.165, 1.54) is 6.07 Å². The summed E-state index contributed by atoms with van der Waals surface area (Å²) >= 11 is 0. The molecule has 1 saturated heterocycles. The molecule has 2 rings (SSSR count). The molecule has 4 N–H and O–H groups in total. The fourth-order valence-electron chi connectivity index (χ4n) is 2.09. The van der Waals surface area contributed by atoms with Crippen LogP contribution in [0.3, 0.4) is 0 Å². The van der Waals surface area contributed by atoms with Gasteiger partial charge < -0.3 is 16.0 Å². The van der Waals surface area contributed by atoms with Gasteiger partial charge in [0.15, 0.2) is 5.84 Å². The molecule has 1 aromatic rings. The fourth-order valence-corrected chi connectivity index (χ4v) is 2.09. The molecule has 0 spiro atoms. The second-order valence-electron chi connectivity index (χ2n) is 4.47. The van der Waals surface area contributed by atoms with E-state index in [0.717, 1.165) is 13.0 Å². The summed E-state index contributed by atoms with van der Waals surface area (Å²) in [6.45, 7) is 1.80. The summed E-state index contributed by atoms with van der Waals surface area (Å²) in [4.78, 5) is 1.99. The smallest absolute Gasteiger partial charge is 0.170 e.